The van der Waals surface area contributed by atoms with E-state index in [2.05, 4.69) is 5.32 Å². The molecule has 104 valence electrons. The van der Waals surface area contributed by atoms with Crippen LogP contribution in [0.25, 0.3) is 0 Å². The van der Waals surface area contributed by atoms with Gasteiger partial charge in [-0.1, -0.05) is 0 Å². The quantitative estimate of drug-likeness (QED) is 0.724. The number of nitrogens with one attached hydrogen (secondary N) is 1. The zero-order chi connectivity index (χ0) is 13.9. The zero-order valence-corrected chi connectivity index (χ0v) is 11.2. The molecule has 0 radical (unpaired) electrons. The van der Waals surface area contributed by atoms with Gasteiger partial charge < -0.3 is 15.3 Å². The summed E-state index contributed by atoms with van der Waals surface area (Å²) in [5.41, 5.74) is 0. The molecule has 0 spiro atoms. The minimum atomic E-state index is -3.14. The van der Waals surface area contributed by atoms with Crippen molar-refractivity contribution in [3.63, 3.8) is 0 Å². The molecule has 7 nitrogen and oxygen atoms in total. The van der Waals surface area contributed by atoms with E-state index in [9.17, 15) is 18.0 Å². The smallest absolute Gasteiger partial charge is 0.317 e. The molecule has 1 saturated heterocycles. The van der Waals surface area contributed by atoms with Gasteiger partial charge in [-0.05, 0) is 13.3 Å². The van der Waals surface area contributed by atoms with Crippen LogP contribution < -0.4 is 5.32 Å². The van der Waals surface area contributed by atoms with Crippen LogP contribution in [0.2, 0.25) is 0 Å². The third-order valence-corrected chi connectivity index (χ3v) is 3.85. The van der Waals surface area contributed by atoms with E-state index in [1.807, 2.05) is 0 Å². The van der Waals surface area contributed by atoms with E-state index in [-0.39, 0.29) is 12.3 Å². The third-order valence-electron chi connectivity index (χ3n) is 2.75. The van der Waals surface area contributed by atoms with Gasteiger partial charge in [0.25, 0.3) is 0 Å². The molecular weight excluding hydrogens is 260 g/mol. The Hall–Kier alpha value is -1.31. The second-order valence-corrected chi connectivity index (χ2v) is 6.90. The van der Waals surface area contributed by atoms with Crippen LogP contribution in [0.4, 0.5) is 4.79 Å². The summed E-state index contributed by atoms with van der Waals surface area (Å²) in [5.74, 6) is -1.56. The minimum Gasteiger partial charge on any atom is -0.481 e. The Kier molecular flexibility index (Phi) is 4.55. The van der Waals surface area contributed by atoms with E-state index in [4.69, 9.17) is 5.11 Å². The molecule has 0 aromatic carbocycles. The number of aliphatic carboxylic acids is 1. The molecule has 2 unspecified atom stereocenters. The van der Waals surface area contributed by atoms with Gasteiger partial charge in [0.05, 0.1) is 11.7 Å². The van der Waals surface area contributed by atoms with Gasteiger partial charge in [0.15, 0.2) is 0 Å². The summed E-state index contributed by atoms with van der Waals surface area (Å²) in [6, 6.07) is -0.897. The lowest BCUT2D eigenvalue weighted by Crippen LogP contribution is -2.45. The van der Waals surface area contributed by atoms with Crippen molar-refractivity contribution < 1.29 is 23.1 Å². The zero-order valence-electron chi connectivity index (χ0n) is 10.4. The standard InChI is InChI=1S/C10H18N2O5S/c1-7(6-18(2,16)17)11-10(15)12-4-3-8(5-12)9(13)14/h7-8H,3-6H2,1-2H3,(H,11,15)(H,13,14). The summed E-state index contributed by atoms with van der Waals surface area (Å²) in [4.78, 5) is 23.9. The molecule has 0 bridgehead atoms. The fourth-order valence-electron chi connectivity index (χ4n) is 1.94. The van der Waals surface area contributed by atoms with Crippen molar-refractivity contribution in [2.75, 3.05) is 25.1 Å². The first-order chi connectivity index (χ1) is 8.19. The van der Waals surface area contributed by atoms with E-state index in [0.29, 0.717) is 13.0 Å². The Labute approximate surface area is 106 Å². The number of hydrogen-bond donors (Lipinski definition) is 2. The highest BCUT2D eigenvalue weighted by Crippen LogP contribution is 2.16. The average Bonchev–Trinajstić information content (AvgIpc) is 2.62. The van der Waals surface area contributed by atoms with Crippen LogP contribution in [0.1, 0.15) is 13.3 Å². The number of carboxylic acids is 1. The SMILES string of the molecule is CC(CS(C)(=O)=O)NC(=O)N1CCC(C(=O)O)C1. The molecule has 2 amide bonds. The largest absolute Gasteiger partial charge is 0.481 e. The molecule has 2 atom stereocenters. The topological polar surface area (TPSA) is 104 Å². The Morgan fingerprint density at radius 3 is 2.56 bits per heavy atom. The normalized spacial score (nSPS) is 21.7. The first-order valence-corrected chi connectivity index (χ1v) is 7.71. The number of carbonyl (C=O) groups is 2. The molecule has 0 aromatic heterocycles. The number of likely N-dealkylation sites (tertiary alicyclic amines) is 1. The molecule has 0 saturated carbocycles. The van der Waals surface area contributed by atoms with Gasteiger partial charge in [-0.25, -0.2) is 13.2 Å². The number of sulfone groups is 1. The van der Waals surface area contributed by atoms with Crippen molar-refractivity contribution >= 4 is 21.8 Å². The minimum absolute atomic E-state index is 0.130. The molecule has 8 heteroatoms. The third kappa shape index (κ3) is 4.52. The number of nitrogens with zero attached hydrogens (tertiary/aromatic N) is 1. The van der Waals surface area contributed by atoms with E-state index in [0.717, 1.165) is 6.26 Å². The van der Waals surface area contributed by atoms with Crippen LogP contribution >= 0.6 is 0 Å². The van der Waals surface area contributed by atoms with E-state index in [1.54, 1.807) is 6.92 Å². The van der Waals surface area contributed by atoms with Crippen LogP contribution in [0, 0.1) is 5.92 Å². The van der Waals surface area contributed by atoms with Crippen molar-refractivity contribution in [1.82, 2.24) is 10.2 Å². The average molecular weight is 278 g/mol. The monoisotopic (exact) mass is 278 g/mol. The van der Waals surface area contributed by atoms with Crippen LogP contribution in [0.5, 0.6) is 0 Å². The molecule has 2 N–H and O–H groups in total. The van der Waals surface area contributed by atoms with Gasteiger partial charge in [-0.2, -0.15) is 0 Å². The molecule has 0 aromatic rings. The van der Waals surface area contributed by atoms with Gasteiger partial charge in [0.1, 0.15) is 9.84 Å². The highest BCUT2D eigenvalue weighted by Gasteiger charge is 2.31. The highest BCUT2D eigenvalue weighted by atomic mass is 32.2. The molecule has 0 aliphatic carbocycles. The van der Waals surface area contributed by atoms with Crippen molar-refractivity contribution in [3.05, 3.63) is 0 Å². The molecule has 1 fully saturated rings. The lowest BCUT2D eigenvalue weighted by atomic mass is 10.1. The summed E-state index contributed by atoms with van der Waals surface area (Å²) >= 11 is 0. The fourth-order valence-corrected chi connectivity index (χ4v) is 2.94. The lowest BCUT2D eigenvalue weighted by molar-refractivity contribution is -0.141. The van der Waals surface area contributed by atoms with Crippen LogP contribution in [0.3, 0.4) is 0 Å². The van der Waals surface area contributed by atoms with Crippen molar-refractivity contribution in [3.8, 4) is 0 Å². The number of urea groups is 1. The van der Waals surface area contributed by atoms with Crippen molar-refractivity contribution in [2.45, 2.75) is 19.4 Å². The van der Waals surface area contributed by atoms with Crippen molar-refractivity contribution in [2.24, 2.45) is 5.92 Å². The first kappa shape index (κ1) is 14.7. The maximum Gasteiger partial charge on any atom is 0.317 e. The van der Waals surface area contributed by atoms with Crippen molar-refractivity contribution in [1.29, 1.82) is 0 Å². The van der Waals surface area contributed by atoms with Gasteiger partial charge >= 0.3 is 12.0 Å². The molecule has 1 heterocycles. The summed E-state index contributed by atoms with van der Waals surface area (Å²) in [5, 5.41) is 11.4. The summed E-state index contributed by atoms with van der Waals surface area (Å²) in [6.45, 7) is 2.16. The number of carboxylic acid groups (broad SMARTS) is 1. The van der Waals surface area contributed by atoms with Crippen LogP contribution in [-0.2, 0) is 14.6 Å². The molecule has 1 aliphatic heterocycles. The van der Waals surface area contributed by atoms with Gasteiger partial charge in [-0.3, -0.25) is 4.79 Å². The fraction of sp³-hybridized carbons (Fsp3) is 0.800. The van der Waals surface area contributed by atoms with E-state index in [1.165, 1.54) is 4.90 Å². The summed E-state index contributed by atoms with van der Waals surface area (Å²) in [6.07, 6.45) is 1.54. The van der Waals surface area contributed by atoms with Crippen LogP contribution in [0.15, 0.2) is 0 Å². The molecule has 18 heavy (non-hydrogen) atoms. The van der Waals surface area contributed by atoms with E-state index >= 15 is 0 Å². The molecule has 1 rings (SSSR count). The van der Waals surface area contributed by atoms with Gasteiger partial charge in [-0.15, -0.1) is 0 Å². The second kappa shape index (κ2) is 5.55. The first-order valence-electron chi connectivity index (χ1n) is 5.65. The highest BCUT2D eigenvalue weighted by molar-refractivity contribution is 7.90. The lowest BCUT2D eigenvalue weighted by Gasteiger charge is -2.20. The number of rotatable bonds is 4. The molecular formula is C10H18N2O5S. The Balaban J connectivity index is 2.45. The Morgan fingerprint density at radius 1 is 1.50 bits per heavy atom. The number of hydrogen-bond acceptors (Lipinski definition) is 4. The predicted octanol–water partition coefficient (Wildman–Crippen LogP) is -0.464. The molecule has 1 aliphatic rings. The maximum absolute atomic E-state index is 11.7. The summed E-state index contributed by atoms with van der Waals surface area (Å²) in [7, 11) is -3.14. The van der Waals surface area contributed by atoms with Gasteiger partial charge in [0, 0.05) is 25.4 Å². The van der Waals surface area contributed by atoms with Gasteiger partial charge in [0.2, 0.25) is 0 Å². The van der Waals surface area contributed by atoms with Crippen LogP contribution in [-0.4, -0.2) is 61.6 Å². The number of amides is 2. The Bertz CT molecular complexity index is 434. The van der Waals surface area contributed by atoms with E-state index < -0.39 is 33.8 Å². The Morgan fingerprint density at radius 2 is 2.11 bits per heavy atom. The predicted molar refractivity (Wildman–Crippen MR) is 65.0 cm³/mol. The second-order valence-electron chi connectivity index (χ2n) is 4.71. The summed E-state index contributed by atoms with van der Waals surface area (Å²) < 4.78 is 22.1. The number of carbonyl (C=O) groups excluding carboxylic acids is 1. The maximum atomic E-state index is 11.7.